The van der Waals surface area contributed by atoms with Gasteiger partial charge in [0.1, 0.15) is 11.2 Å². The van der Waals surface area contributed by atoms with E-state index < -0.39 is 11.2 Å². The Hall–Kier alpha value is -1.03. The number of benzene rings is 1. The summed E-state index contributed by atoms with van der Waals surface area (Å²) in [4.78, 5) is 27.9. The number of nitrogens with zero attached hydrogens (tertiary/aromatic N) is 2. The minimum absolute atomic E-state index is 0. The van der Waals surface area contributed by atoms with E-state index in [0.29, 0.717) is 31.7 Å². The third kappa shape index (κ3) is 5.28. The fourth-order valence-corrected chi connectivity index (χ4v) is 3.24. The molecule has 0 saturated carbocycles. The summed E-state index contributed by atoms with van der Waals surface area (Å²) < 4.78 is 5.42. The number of carbonyl (C=O) groups excluding carboxylic acids is 2. The van der Waals surface area contributed by atoms with Crippen molar-refractivity contribution < 1.29 is 50.5 Å². The monoisotopic (exact) mass is 598 g/mol. The molecule has 0 aromatic heterocycles. The minimum Gasteiger partial charge on any atom is -0.444 e. The first-order valence-corrected chi connectivity index (χ1v) is 8.62. The molecule has 1 saturated heterocycles. The van der Waals surface area contributed by atoms with Crippen molar-refractivity contribution in [1.29, 1.82) is 0 Å². The van der Waals surface area contributed by atoms with Crippen molar-refractivity contribution in [3.63, 3.8) is 0 Å². The van der Waals surface area contributed by atoms with E-state index in [1.54, 1.807) is 16.7 Å². The van der Waals surface area contributed by atoms with Gasteiger partial charge in [0, 0.05) is 19.6 Å². The zero-order valence-corrected chi connectivity index (χ0v) is 20.9. The predicted octanol–water partition coefficient (Wildman–Crippen LogP) is 3.07. The third-order valence-electron chi connectivity index (χ3n) is 4.53. The standard InChI is InChI=1S/C19H25N2O4.CH3.U/c1-18(2,3)25-17(23)20-11-13-6-7-15(10-14(13)12-20)21-9-5-8-19(4,24)16(21)22;;/h6,10,24H,5,8-9,11-12H2,1-4H3;1H3;/q2*-1;+2. The van der Waals surface area contributed by atoms with Crippen molar-refractivity contribution in [2.75, 3.05) is 11.4 Å². The molecule has 7 heteroatoms. The molecule has 2 aliphatic rings. The van der Waals surface area contributed by atoms with Crippen molar-refractivity contribution in [2.45, 2.75) is 64.8 Å². The number of amides is 2. The predicted molar refractivity (Wildman–Crippen MR) is 99.4 cm³/mol. The van der Waals surface area contributed by atoms with Gasteiger partial charge in [-0.15, -0.1) is 17.2 Å². The summed E-state index contributed by atoms with van der Waals surface area (Å²) in [6.07, 6.45) is 0.871. The molecule has 0 aliphatic carbocycles. The Bertz CT molecular complexity index is 712. The van der Waals surface area contributed by atoms with Crippen LogP contribution in [0.2, 0.25) is 0 Å². The quantitative estimate of drug-likeness (QED) is 0.505. The van der Waals surface area contributed by atoms with Crippen LogP contribution in [0.1, 0.15) is 51.7 Å². The molecule has 146 valence electrons. The number of fused-ring (bicyclic) bond motifs is 1. The summed E-state index contributed by atoms with van der Waals surface area (Å²) in [6.45, 7) is 8.58. The van der Waals surface area contributed by atoms with E-state index in [9.17, 15) is 14.7 Å². The van der Waals surface area contributed by atoms with Crippen molar-refractivity contribution in [2.24, 2.45) is 0 Å². The molecule has 1 aromatic carbocycles. The van der Waals surface area contributed by atoms with Gasteiger partial charge < -0.3 is 27.1 Å². The van der Waals surface area contributed by atoms with Gasteiger partial charge in [-0.05, 0) is 40.5 Å². The van der Waals surface area contributed by atoms with Gasteiger partial charge in [0.2, 0.25) is 0 Å². The SMILES string of the molecule is CC(C)(C)OC(=O)N1Cc2c[c-]c(N3CCCC(C)(O)C3=O)cc2C1.[CH3-].[U+2]. The normalized spacial score (nSPS) is 21.9. The van der Waals surface area contributed by atoms with Gasteiger partial charge in [-0.1, -0.05) is 5.69 Å². The second kappa shape index (κ2) is 8.55. The number of ether oxygens (including phenoxy) is 1. The molecule has 1 fully saturated rings. The first-order valence-electron chi connectivity index (χ1n) is 8.62. The first kappa shape index (κ1) is 24.0. The summed E-state index contributed by atoms with van der Waals surface area (Å²) in [5.41, 5.74) is 0.779. The van der Waals surface area contributed by atoms with Crippen LogP contribution in [0.25, 0.3) is 0 Å². The topological polar surface area (TPSA) is 70.1 Å². The molecule has 3 rings (SSSR count). The van der Waals surface area contributed by atoms with Crippen LogP contribution in [-0.2, 0) is 22.6 Å². The number of hydrogen-bond donors (Lipinski definition) is 1. The van der Waals surface area contributed by atoms with Crippen LogP contribution in [0, 0.1) is 44.6 Å². The smallest absolute Gasteiger partial charge is 0.444 e. The number of rotatable bonds is 1. The molecule has 27 heavy (non-hydrogen) atoms. The van der Waals surface area contributed by atoms with Crippen molar-refractivity contribution in [3.05, 3.63) is 36.8 Å². The van der Waals surface area contributed by atoms with Gasteiger partial charge in [0.05, 0.1) is 0 Å². The zero-order valence-electron chi connectivity index (χ0n) is 16.8. The average molecular weight is 598 g/mol. The Labute approximate surface area is 185 Å². The van der Waals surface area contributed by atoms with E-state index in [1.165, 1.54) is 0 Å². The van der Waals surface area contributed by atoms with Gasteiger partial charge in [-0.2, -0.15) is 12.1 Å². The van der Waals surface area contributed by atoms with Gasteiger partial charge in [0.25, 0.3) is 5.91 Å². The maximum absolute atomic E-state index is 12.4. The van der Waals surface area contributed by atoms with Crippen LogP contribution in [-0.4, -0.2) is 39.8 Å². The van der Waals surface area contributed by atoms with Crippen LogP contribution in [0.15, 0.2) is 12.1 Å². The van der Waals surface area contributed by atoms with Crippen LogP contribution < -0.4 is 4.90 Å². The molecule has 2 heterocycles. The van der Waals surface area contributed by atoms with Gasteiger partial charge in [-0.25, -0.2) is 4.79 Å². The van der Waals surface area contributed by atoms with E-state index in [2.05, 4.69) is 6.07 Å². The van der Waals surface area contributed by atoms with Gasteiger partial charge >= 0.3 is 37.2 Å². The Kier molecular flexibility index (Phi) is 7.60. The second-order valence-electron chi connectivity index (χ2n) is 8.04. The first-order chi connectivity index (χ1) is 11.6. The van der Waals surface area contributed by atoms with E-state index in [1.807, 2.05) is 32.9 Å². The Morgan fingerprint density at radius 2 is 1.93 bits per heavy atom. The number of hydrogen-bond acceptors (Lipinski definition) is 4. The van der Waals surface area contributed by atoms with E-state index in [-0.39, 0.29) is 50.5 Å². The summed E-state index contributed by atoms with van der Waals surface area (Å²) in [7, 11) is 0. The van der Waals surface area contributed by atoms with Crippen LogP contribution in [0.3, 0.4) is 0 Å². The molecule has 2 amide bonds. The molecule has 0 radical (unpaired) electrons. The van der Waals surface area contributed by atoms with E-state index in [0.717, 1.165) is 17.5 Å². The summed E-state index contributed by atoms with van der Waals surface area (Å²) in [6, 6.07) is 6.84. The van der Waals surface area contributed by atoms with Crippen LogP contribution in [0.4, 0.5) is 10.5 Å². The molecule has 1 unspecified atom stereocenters. The maximum atomic E-state index is 12.4. The fraction of sp³-hybridized carbons (Fsp3) is 0.550. The molecule has 6 nitrogen and oxygen atoms in total. The molecule has 2 aliphatic heterocycles. The third-order valence-corrected chi connectivity index (χ3v) is 4.53. The second-order valence-corrected chi connectivity index (χ2v) is 8.04. The van der Waals surface area contributed by atoms with Gasteiger partial charge in [0.15, 0.2) is 0 Å². The molecular formula is C20H28N2O4U. The Balaban J connectivity index is 0.00000182. The average Bonchev–Trinajstić information content (AvgIpc) is 2.91. The molecule has 1 N–H and O–H groups in total. The minimum atomic E-state index is -1.33. The van der Waals surface area contributed by atoms with Crippen molar-refractivity contribution >= 4 is 17.7 Å². The largest absolute Gasteiger partial charge is 2.00 e. The maximum Gasteiger partial charge on any atom is 2.00 e. The molecule has 1 atom stereocenters. The molecule has 0 bridgehead atoms. The summed E-state index contributed by atoms with van der Waals surface area (Å²) in [5.74, 6) is -0.294. The van der Waals surface area contributed by atoms with E-state index >= 15 is 0 Å². The fourth-order valence-electron chi connectivity index (χ4n) is 3.24. The molecule has 1 aromatic rings. The summed E-state index contributed by atoms with van der Waals surface area (Å²) >= 11 is 0. The van der Waals surface area contributed by atoms with Gasteiger partial charge in [-0.3, -0.25) is 4.79 Å². The van der Waals surface area contributed by atoms with E-state index in [4.69, 9.17) is 4.74 Å². The Morgan fingerprint density at radius 1 is 1.30 bits per heavy atom. The molecular weight excluding hydrogens is 570 g/mol. The molecule has 0 spiro atoms. The summed E-state index contributed by atoms with van der Waals surface area (Å²) in [5, 5.41) is 10.2. The number of aliphatic hydroxyl groups is 1. The number of piperidine rings is 1. The van der Waals surface area contributed by atoms with Crippen LogP contribution in [0.5, 0.6) is 0 Å². The number of carbonyl (C=O) groups is 2. The zero-order chi connectivity index (χ0) is 18.4. The van der Waals surface area contributed by atoms with Crippen molar-refractivity contribution in [1.82, 2.24) is 4.90 Å². The number of anilines is 1. The Morgan fingerprint density at radius 3 is 2.56 bits per heavy atom. The van der Waals surface area contributed by atoms with Crippen molar-refractivity contribution in [3.8, 4) is 0 Å². The van der Waals surface area contributed by atoms with Crippen LogP contribution >= 0.6 is 0 Å².